The first-order chi connectivity index (χ1) is 33.1. The molecule has 0 aromatic heterocycles. The Hall–Kier alpha value is -7.62. The standard InChI is InChI=1S/C30H33N3O5.C23H30N4O4/c1-4-19-30(3,5-2)29(36)38-21-20-37-28(35)23-13-11-22(12-14-23)27(34)31-24-15-17-26(18-16-24)33-32-25-9-7-6-8-10-25;1-5-15-23(3,6-2)22(28)31-17-16-26(4)20-11-7-18(8-12-20)24-25-19-9-13-21(14-10-19)27(29)30/h6-18H,4-5,19-21H2,1-3H3,(H,31,34);7-14H,5-6,15-17H2,1-4H3. The highest BCUT2D eigenvalue weighted by Crippen LogP contribution is 2.30. The van der Waals surface area contributed by atoms with Crippen molar-refractivity contribution in [2.24, 2.45) is 31.3 Å². The molecule has 16 heteroatoms. The van der Waals surface area contributed by atoms with Crippen LogP contribution in [0.5, 0.6) is 0 Å². The van der Waals surface area contributed by atoms with Crippen LogP contribution in [0.15, 0.2) is 148 Å². The number of hydrogen-bond donors (Lipinski definition) is 1. The third kappa shape index (κ3) is 17.2. The number of non-ortho nitro benzene ring substituents is 1. The minimum atomic E-state index is -0.555. The molecule has 0 aliphatic carbocycles. The Balaban J connectivity index is 0.000000307. The minimum Gasteiger partial charge on any atom is -0.463 e. The number of nitrogens with one attached hydrogen (secondary N) is 1. The van der Waals surface area contributed by atoms with Crippen molar-refractivity contribution in [2.45, 2.75) is 80.1 Å². The van der Waals surface area contributed by atoms with Crippen LogP contribution in [0, 0.1) is 20.9 Å². The quantitative estimate of drug-likeness (QED) is 0.0164. The Morgan fingerprint density at radius 2 is 1.01 bits per heavy atom. The summed E-state index contributed by atoms with van der Waals surface area (Å²) < 4.78 is 16.0. The Bertz CT molecular complexity index is 2480. The summed E-state index contributed by atoms with van der Waals surface area (Å²) in [5.41, 5.74) is 3.95. The summed E-state index contributed by atoms with van der Waals surface area (Å²) in [5.74, 6) is -1.28. The van der Waals surface area contributed by atoms with E-state index >= 15 is 0 Å². The van der Waals surface area contributed by atoms with Gasteiger partial charge >= 0.3 is 17.9 Å². The molecule has 0 saturated carbocycles. The number of nitrogens with zero attached hydrogens (tertiary/aromatic N) is 6. The van der Waals surface area contributed by atoms with Crippen LogP contribution in [0.4, 0.5) is 39.8 Å². The predicted molar refractivity (Wildman–Crippen MR) is 267 cm³/mol. The molecule has 0 heterocycles. The first kappa shape index (κ1) is 54.0. The van der Waals surface area contributed by atoms with Crippen LogP contribution in [0.2, 0.25) is 0 Å². The average molecular weight is 942 g/mol. The maximum atomic E-state index is 12.6. The van der Waals surface area contributed by atoms with Gasteiger partial charge in [-0.25, -0.2) is 4.79 Å². The van der Waals surface area contributed by atoms with Gasteiger partial charge in [0.15, 0.2) is 0 Å². The highest BCUT2D eigenvalue weighted by Gasteiger charge is 2.33. The number of benzene rings is 5. The third-order valence-electron chi connectivity index (χ3n) is 11.5. The number of esters is 3. The molecule has 0 aliphatic rings. The zero-order valence-corrected chi connectivity index (χ0v) is 40.6. The summed E-state index contributed by atoms with van der Waals surface area (Å²) in [6.45, 7) is 12.8. The molecule has 0 aliphatic heterocycles. The van der Waals surface area contributed by atoms with Crippen molar-refractivity contribution in [3.8, 4) is 0 Å². The van der Waals surface area contributed by atoms with Gasteiger partial charge in [0.25, 0.3) is 11.6 Å². The molecule has 1 N–H and O–H groups in total. The summed E-state index contributed by atoms with van der Waals surface area (Å²) in [4.78, 5) is 61.9. The normalized spacial score (nSPS) is 12.7. The summed E-state index contributed by atoms with van der Waals surface area (Å²) >= 11 is 0. The lowest BCUT2D eigenvalue weighted by molar-refractivity contribution is -0.384. The monoisotopic (exact) mass is 941 g/mol. The van der Waals surface area contributed by atoms with E-state index in [4.69, 9.17) is 14.2 Å². The maximum absolute atomic E-state index is 12.6. The molecular formula is C53H63N7O9. The number of nitro benzene ring substituents is 1. The summed E-state index contributed by atoms with van der Waals surface area (Å²) in [5, 5.41) is 30.1. The van der Waals surface area contributed by atoms with Gasteiger partial charge in [-0.05, 0) is 137 Å². The molecule has 0 fully saturated rings. The number of carbonyl (C=O) groups is 4. The van der Waals surface area contributed by atoms with Gasteiger partial charge in [-0.3, -0.25) is 24.5 Å². The number of hydrogen-bond acceptors (Lipinski definition) is 14. The smallest absolute Gasteiger partial charge is 0.338 e. The zero-order valence-electron chi connectivity index (χ0n) is 40.6. The summed E-state index contributed by atoms with van der Waals surface area (Å²) in [7, 11) is 1.94. The van der Waals surface area contributed by atoms with Crippen LogP contribution in [-0.4, -0.2) is 62.2 Å². The van der Waals surface area contributed by atoms with Gasteiger partial charge in [0.2, 0.25) is 0 Å². The number of anilines is 2. The molecular weight excluding hydrogens is 879 g/mol. The number of ether oxygens (including phenoxy) is 3. The Labute approximate surface area is 404 Å². The van der Waals surface area contributed by atoms with E-state index in [2.05, 4.69) is 32.7 Å². The fourth-order valence-electron chi connectivity index (χ4n) is 6.77. The minimum absolute atomic E-state index is 0.00319. The number of amides is 1. The SMILES string of the molecule is CCCC(C)(CC)C(=O)OCCN(C)c1ccc(N=Nc2ccc([N+](=O)[O-])cc2)cc1.CCCC(C)(CC)C(=O)OCCOC(=O)c1ccc(C(=O)Nc2ccc(N=Nc3ccccc3)cc2)cc1. The highest BCUT2D eigenvalue weighted by atomic mass is 16.6. The number of azo groups is 2. The van der Waals surface area contributed by atoms with E-state index in [1.54, 1.807) is 48.5 Å². The van der Waals surface area contributed by atoms with Gasteiger partial charge in [0.1, 0.15) is 19.8 Å². The van der Waals surface area contributed by atoms with Crippen LogP contribution in [-0.2, 0) is 23.8 Å². The fourth-order valence-corrected chi connectivity index (χ4v) is 6.77. The van der Waals surface area contributed by atoms with Gasteiger partial charge in [0, 0.05) is 36.1 Å². The lowest BCUT2D eigenvalue weighted by Crippen LogP contribution is -2.32. The maximum Gasteiger partial charge on any atom is 0.338 e. The molecule has 2 unspecified atom stereocenters. The Kier molecular flexibility index (Phi) is 21.3. The number of rotatable bonds is 23. The second-order valence-corrected chi connectivity index (χ2v) is 16.8. The van der Waals surface area contributed by atoms with Crippen LogP contribution in [0.25, 0.3) is 0 Å². The van der Waals surface area contributed by atoms with E-state index in [0.717, 1.165) is 43.5 Å². The van der Waals surface area contributed by atoms with Crippen molar-refractivity contribution in [3.63, 3.8) is 0 Å². The van der Waals surface area contributed by atoms with E-state index in [1.165, 1.54) is 24.3 Å². The lowest BCUT2D eigenvalue weighted by atomic mass is 9.83. The van der Waals surface area contributed by atoms with Crippen LogP contribution in [0.1, 0.15) is 101 Å². The molecule has 364 valence electrons. The molecule has 69 heavy (non-hydrogen) atoms. The molecule has 5 rings (SSSR count). The number of likely N-dealkylation sites (N-methyl/N-ethyl adjacent to an activating group) is 1. The summed E-state index contributed by atoms with van der Waals surface area (Å²) in [6.07, 6.45) is 4.86. The fraction of sp³-hybridized carbons (Fsp3) is 0.358. The largest absolute Gasteiger partial charge is 0.463 e. The van der Waals surface area contributed by atoms with Crippen molar-refractivity contribution in [2.75, 3.05) is 43.6 Å². The molecule has 0 saturated heterocycles. The number of carbonyl (C=O) groups excluding carboxylic acids is 4. The topological polar surface area (TPSA) is 204 Å². The molecule has 0 bridgehead atoms. The lowest BCUT2D eigenvalue weighted by Gasteiger charge is -2.26. The van der Waals surface area contributed by atoms with E-state index in [1.807, 2.05) is 101 Å². The zero-order chi connectivity index (χ0) is 50.2. The van der Waals surface area contributed by atoms with Gasteiger partial charge < -0.3 is 24.4 Å². The van der Waals surface area contributed by atoms with Crippen molar-refractivity contribution in [1.29, 1.82) is 0 Å². The van der Waals surface area contributed by atoms with E-state index in [0.29, 0.717) is 53.4 Å². The Morgan fingerprint density at radius 3 is 1.49 bits per heavy atom. The van der Waals surface area contributed by atoms with E-state index in [9.17, 15) is 29.3 Å². The van der Waals surface area contributed by atoms with Crippen LogP contribution in [0.3, 0.4) is 0 Å². The second-order valence-electron chi connectivity index (χ2n) is 16.8. The molecule has 5 aromatic carbocycles. The molecule has 1 amide bonds. The second kappa shape index (κ2) is 27.3. The molecule has 16 nitrogen and oxygen atoms in total. The highest BCUT2D eigenvalue weighted by molar-refractivity contribution is 6.04. The number of nitro groups is 1. The van der Waals surface area contributed by atoms with Crippen molar-refractivity contribution < 1.29 is 38.3 Å². The van der Waals surface area contributed by atoms with Gasteiger partial charge in [-0.2, -0.15) is 20.5 Å². The third-order valence-corrected chi connectivity index (χ3v) is 11.5. The van der Waals surface area contributed by atoms with Crippen molar-refractivity contribution >= 4 is 63.6 Å². The molecule has 2 atom stereocenters. The average Bonchev–Trinajstić information content (AvgIpc) is 3.37. The Morgan fingerprint density at radius 1 is 0.580 bits per heavy atom. The van der Waals surface area contributed by atoms with Crippen molar-refractivity contribution in [1.82, 2.24) is 0 Å². The van der Waals surface area contributed by atoms with Crippen LogP contribution >= 0.6 is 0 Å². The van der Waals surface area contributed by atoms with E-state index < -0.39 is 21.7 Å². The molecule has 0 radical (unpaired) electrons. The molecule has 0 spiro atoms. The first-order valence-corrected chi connectivity index (χ1v) is 23.1. The van der Waals surface area contributed by atoms with Crippen LogP contribution < -0.4 is 10.2 Å². The van der Waals surface area contributed by atoms with Gasteiger partial charge in [0.05, 0.1) is 50.6 Å². The molecule has 5 aromatic rings. The van der Waals surface area contributed by atoms with E-state index in [-0.39, 0.29) is 36.7 Å². The summed E-state index contributed by atoms with van der Waals surface area (Å²) in [6, 6.07) is 35.9. The first-order valence-electron chi connectivity index (χ1n) is 23.1. The van der Waals surface area contributed by atoms with Crippen molar-refractivity contribution in [3.05, 3.63) is 149 Å². The predicted octanol–water partition coefficient (Wildman–Crippen LogP) is 13.5. The van der Waals surface area contributed by atoms with Gasteiger partial charge in [-0.15, -0.1) is 0 Å². The van der Waals surface area contributed by atoms with Gasteiger partial charge in [-0.1, -0.05) is 58.7 Å².